The number of carbonyl (C=O) groups excluding carboxylic acids is 1. The summed E-state index contributed by atoms with van der Waals surface area (Å²) < 4.78 is 6.17. The van der Waals surface area contributed by atoms with Crippen molar-refractivity contribution in [3.05, 3.63) is 85.0 Å². The number of allylic oxidation sites excluding steroid dienone is 2. The molecule has 4 atom stereocenters. The highest BCUT2D eigenvalue weighted by molar-refractivity contribution is 5.79. The van der Waals surface area contributed by atoms with Crippen molar-refractivity contribution in [1.82, 2.24) is 0 Å². The highest BCUT2D eigenvalue weighted by atomic mass is 16.5. The Balaban J connectivity index is 1.51. The second kappa shape index (κ2) is 11.7. The first-order chi connectivity index (χ1) is 16.7. The smallest absolute Gasteiger partial charge is 0.309 e. The summed E-state index contributed by atoms with van der Waals surface area (Å²) in [6, 6.07) is 17.1. The van der Waals surface area contributed by atoms with E-state index in [1.165, 1.54) is 41.5 Å². The summed E-state index contributed by atoms with van der Waals surface area (Å²) in [6.45, 7) is 10.6. The number of hydrogen-bond donors (Lipinski definition) is 0. The zero-order chi connectivity index (χ0) is 23.9. The van der Waals surface area contributed by atoms with E-state index in [1.54, 1.807) is 0 Å². The van der Waals surface area contributed by atoms with E-state index in [1.807, 2.05) is 12.2 Å². The Hall–Kier alpha value is -2.61. The molecule has 0 spiro atoms. The van der Waals surface area contributed by atoms with Gasteiger partial charge in [0.2, 0.25) is 0 Å². The minimum Gasteiger partial charge on any atom is -0.464 e. The van der Waals surface area contributed by atoms with Crippen LogP contribution >= 0.6 is 0 Å². The third-order valence-corrected chi connectivity index (χ3v) is 8.29. The summed E-state index contributed by atoms with van der Waals surface area (Å²) in [6.07, 6.45) is 12.7. The number of rotatable bonds is 11. The van der Waals surface area contributed by atoms with Gasteiger partial charge in [0.25, 0.3) is 0 Å². The third-order valence-electron chi connectivity index (χ3n) is 8.29. The SMILES string of the molecule is C=CCCC(C)C1CCCCC1C(CCC=C)C(=O)OCC1c2ccccc2-c2ccccc21. The number of hydrogen-bond acceptors (Lipinski definition) is 2. The van der Waals surface area contributed by atoms with Crippen molar-refractivity contribution in [3.63, 3.8) is 0 Å². The first kappa shape index (κ1) is 24.5. The summed E-state index contributed by atoms with van der Waals surface area (Å²) in [5.41, 5.74) is 5.08. The van der Waals surface area contributed by atoms with E-state index in [4.69, 9.17) is 4.74 Å². The summed E-state index contributed by atoms with van der Waals surface area (Å²) in [5, 5.41) is 0. The van der Waals surface area contributed by atoms with Crippen LogP contribution in [0.3, 0.4) is 0 Å². The lowest BCUT2D eigenvalue weighted by atomic mass is 9.66. The lowest BCUT2D eigenvalue weighted by Crippen LogP contribution is -2.36. The minimum atomic E-state index is -0.0404. The van der Waals surface area contributed by atoms with Crippen molar-refractivity contribution in [1.29, 1.82) is 0 Å². The average molecular weight is 457 g/mol. The number of fused-ring (bicyclic) bond motifs is 3. The molecule has 0 amide bonds. The van der Waals surface area contributed by atoms with Gasteiger partial charge in [-0.3, -0.25) is 4.79 Å². The van der Waals surface area contributed by atoms with E-state index in [0.29, 0.717) is 24.4 Å². The van der Waals surface area contributed by atoms with Crippen molar-refractivity contribution in [2.24, 2.45) is 23.7 Å². The van der Waals surface area contributed by atoms with Gasteiger partial charge in [0.15, 0.2) is 0 Å². The van der Waals surface area contributed by atoms with E-state index < -0.39 is 0 Å². The Morgan fingerprint density at radius 3 is 2.09 bits per heavy atom. The van der Waals surface area contributed by atoms with E-state index in [0.717, 1.165) is 32.1 Å². The molecule has 2 heteroatoms. The van der Waals surface area contributed by atoms with Crippen LogP contribution in [0.4, 0.5) is 0 Å². The molecule has 0 heterocycles. The van der Waals surface area contributed by atoms with E-state index in [2.05, 4.69) is 68.6 Å². The molecule has 0 aliphatic heterocycles. The lowest BCUT2D eigenvalue weighted by Gasteiger charge is -2.39. The first-order valence-corrected chi connectivity index (χ1v) is 13.2. The second-order valence-electron chi connectivity index (χ2n) is 10.3. The van der Waals surface area contributed by atoms with E-state index in [-0.39, 0.29) is 17.8 Å². The molecule has 2 aliphatic carbocycles. The maximum atomic E-state index is 13.6. The fourth-order valence-electron chi connectivity index (χ4n) is 6.51. The van der Waals surface area contributed by atoms with Gasteiger partial charge in [-0.1, -0.05) is 80.4 Å². The van der Waals surface area contributed by atoms with E-state index in [9.17, 15) is 4.79 Å². The fraction of sp³-hybridized carbons (Fsp3) is 0.469. The van der Waals surface area contributed by atoms with Crippen molar-refractivity contribution >= 4 is 5.97 Å². The van der Waals surface area contributed by atoms with Gasteiger partial charge in [0.05, 0.1) is 5.92 Å². The van der Waals surface area contributed by atoms with Gasteiger partial charge in [0, 0.05) is 5.92 Å². The first-order valence-electron chi connectivity index (χ1n) is 13.2. The third kappa shape index (κ3) is 5.22. The largest absolute Gasteiger partial charge is 0.464 e. The molecule has 0 bridgehead atoms. The van der Waals surface area contributed by atoms with Crippen LogP contribution in [-0.2, 0) is 9.53 Å². The number of carbonyl (C=O) groups is 1. The molecule has 2 nitrogen and oxygen atoms in total. The van der Waals surface area contributed by atoms with Gasteiger partial charge in [-0.25, -0.2) is 0 Å². The number of benzene rings is 2. The van der Waals surface area contributed by atoms with E-state index >= 15 is 0 Å². The second-order valence-corrected chi connectivity index (χ2v) is 10.3. The van der Waals surface area contributed by atoms with Gasteiger partial charge >= 0.3 is 5.97 Å². The van der Waals surface area contributed by atoms with Gasteiger partial charge in [-0.05, 0) is 78.5 Å². The molecule has 0 radical (unpaired) electrons. The highest BCUT2D eigenvalue weighted by Crippen LogP contribution is 2.46. The Morgan fingerprint density at radius 1 is 0.912 bits per heavy atom. The van der Waals surface area contributed by atoms with Crippen molar-refractivity contribution in [2.45, 2.75) is 64.2 Å². The van der Waals surface area contributed by atoms with Gasteiger partial charge in [0.1, 0.15) is 6.61 Å². The maximum Gasteiger partial charge on any atom is 0.309 e. The number of ether oxygens (including phenoxy) is 1. The molecule has 4 unspecified atom stereocenters. The van der Waals surface area contributed by atoms with Gasteiger partial charge in [-0.15, -0.1) is 13.2 Å². The molecule has 1 fully saturated rings. The minimum absolute atomic E-state index is 0.00321. The van der Waals surface area contributed by atoms with Crippen LogP contribution in [0.15, 0.2) is 73.8 Å². The van der Waals surface area contributed by atoms with Gasteiger partial charge in [-0.2, -0.15) is 0 Å². The molecule has 2 aromatic carbocycles. The van der Waals surface area contributed by atoms with Crippen molar-refractivity contribution in [3.8, 4) is 11.1 Å². The van der Waals surface area contributed by atoms with Crippen LogP contribution in [-0.4, -0.2) is 12.6 Å². The highest BCUT2D eigenvalue weighted by Gasteiger charge is 2.39. The molecule has 0 aromatic heterocycles. The predicted molar refractivity (Wildman–Crippen MR) is 142 cm³/mol. The summed E-state index contributed by atoms with van der Waals surface area (Å²) in [5.74, 6) is 1.67. The van der Waals surface area contributed by atoms with Crippen LogP contribution in [0.1, 0.15) is 75.3 Å². The van der Waals surface area contributed by atoms with Crippen LogP contribution in [0.5, 0.6) is 0 Å². The molecule has 34 heavy (non-hydrogen) atoms. The zero-order valence-corrected chi connectivity index (χ0v) is 20.8. The Labute approximate surface area is 206 Å². The molecular weight excluding hydrogens is 416 g/mol. The van der Waals surface area contributed by atoms with Crippen LogP contribution < -0.4 is 0 Å². The zero-order valence-electron chi connectivity index (χ0n) is 20.8. The molecule has 2 aromatic rings. The average Bonchev–Trinajstić information content (AvgIpc) is 3.20. The van der Waals surface area contributed by atoms with Crippen LogP contribution in [0.25, 0.3) is 11.1 Å². The fourth-order valence-corrected chi connectivity index (χ4v) is 6.51. The molecule has 0 N–H and O–H groups in total. The standard InChI is InChI=1S/C32H40O2/c1-4-6-14-23(3)24-16-8-9-17-25(24)30(15-7-5-2)32(33)34-22-31-28-20-12-10-18-26(28)27-19-11-13-21-29(27)31/h4-5,10-13,18-21,23-25,30-31H,1-2,6-9,14-17,22H2,3H3. The lowest BCUT2D eigenvalue weighted by molar-refractivity contribution is -0.153. The van der Waals surface area contributed by atoms with Crippen LogP contribution in [0, 0.1) is 23.7 Å². The van der Waals surface area contributed by atoms with Gasteiger partial charge < -0.3 is 4.74 Å². The Bertz CT molecular complexity index is 945. The summed E-state index contributed by atoms with van der Waals surface area (Å²) >= 11 is 0. The molecule has 4 rings (SSSR count). The maximum absolute atomic E-state index is 13.6. The topological polar surface area (TPSA) is 26.3 Å². The molecule has 180 valence electrons. The predicted octanol–water partition coefficient (Wildman–Crippen LogP) is 8.33. The molecule has 2 aliphatic rings. The van der Waals surface area contributed by atoms with Crippen LogP contribution in [0.2, 0.25) is 0 Å². The number of esters is 1. The molecule has 0 saturated heterocycles. The molecular formula is C32H40O2. The monoisotopic (exact) mass is 456 g/mol. The normalized spacial score (nSPS) is 21.2. The summed E-state index contributed by atoms with van der Waals surface area (Å²) in [7, 11) is 0. The summed E-state index contributed by atoms with van der Waals surface area (Å²) in [4.78, 5) is 13.6. The van der Waals surface area contributed by atoms with Crippen molar-refractivity contribution in [2.75, 3.05) is 6.61 Å². The Kier molecular flexibility index (Phi) is 8.43. The Morgan fingerprint density at radius 2 is 1.47 bits per heavy atom. The quantitative estimate of drug-likeness (QED) is 0.251. The molecule has 1 saturated carbocycles. The van der Waals surface area contributed by atoms with Crippen molar-refractivity contribution < 1.29 is 9.53 Å².